The maximum atomic E-state index is 13.6. The molecule has 0 fully saturated rings. The van der Waals surface area contributed by atoms with E-state index >= 15 is 0 Å². The molecule has 0 aliphatic carbocycles. The van der Waals surface area contributed by atoms with Crippen LogP contribution < -0.4 is 21.7 Å². The van der Waals surface area contributed by atoms with Crippen molar-refractivity contribution in [1.29, 1.82) is 0 Å². The third kappa shape index (κ3) is 10.4. The molecular weight excluding hydrogens is 571 g/mol. The summed E-state index contributed by atoms with van der Waals surface area (Å²) >= 11 is 0. The Kier molecular flexibility index (Phi) is 12.0. The van der Waals surface area contributed by atoms with Gasteiger partial charge in [0, 0.05) is 0 Å². The zero-order chi connectivity index (χ0) is 31.4. The molecular formula is C31H37N4O7P. The fourth-order valence-corrected chi connectivity index (χ4v) is 5.96. The second-order valence-corrected chi connectivity index (χ2v) is 12.8. The Morgan fingerprint density at radius 2 is 1.56 bits per heavy atom. The van der Waals surface area contributed by atoms with E-state index in [1.807, 2.05) is 44.2 Å². The van der Waals surface area contributed by atoms with E-state index in [0.717, 1.165) is 5.56 Å². The Morgan fingerprint density at radius 1 is 0.907 bits per heavy atom. The lowest BCUT2D eigenvalue weighted by Gasteiger charge is -2.26. The standard InChI is InChI=1S/C31H37N4O7P/c1-21(2)19-25(29(38)34-24(28(32)37)16-9-13-22-11-5-3-6-12-22)33-27(36)20-43(40,41)31(23-14-7-4-8-15-23)35-30(39)26-17-10-18-42-26/h3-15,17-18,21,24-25,31H,16,19-20H2,1-2H3,(H2,32,37)(H,33,36)(H,34,38)(H,35,39)(H,40,41)/b13-9+/t24-,25-,31?/m0/s1. The van der Waals surface area contributed by atoms with E-state index in [1.54, 1.807) is 42.5 Å². The molecule has 228 valence electrons. The number of hydrogen-bond donors (Lipinski definition) is 5. The lowest BCUT2D eigenvalue weighted by atomic mass is 10.0. The predicted octanol–water partition coefficient (Wildman–Crippen LogP) is 3.58. The summed E-state index contributed by atoms with van der Waals surface area (Å²) < 4.78 is 18.7. The highest BCUT2D eigenvalue weighted by atomic mass is 31.2. The van der Waals surface area contributed by atoms with Crippen molar-refractivity contribution in [2.24, 2.45) is 11.7 Å². The lowest BCUT2D eigenvalue weighted by molar-refractivity contribution is -0.131. The summed E-state index contributed by atoms with van der Waals surface area (Å²) in [6.07, 6.45) is 4.23. The van der Waals surface area contributed by atoms with Crippen molar-refractivity contribution in [3.8, 4) is 0 Å². The topological polar surface area (TPSA) is 181 Å². The van der Waals surface area contributed by atoms with E-state index < -0.39 is 55.0 Å². The molecule has 4 atom stereocenters. The molecule has 2 unspecified atom stereocenters. The maximum absolute atomic E-state index is 13.6. The fourth-order valence-electron chi connectivity index (χ4n) is 4.32. The van der Waals surface area contributed by atoms with Crippen LogP contribution in [0.2, 0.25) is 0 Å². The molecule has 2 aromatic carbocycles. The fraction of sp³-hybridized carbons (Fsp3) is 0.290. The Balaban J connectivity index is 1.72. The van der Waals surface area contributed by atoms with Gasteiger partial charge in [-0.1, -0.05) is 86.7 Å². The molecule has 12 heteroatoms. The predicted molar refractivity (Wildman–Crippen MR) is 163 cm³/mol. The zero-order valence-corrected chi connectivity index (χ0v) is 24.9. The number of nitrogens with one attached hydrogen (secondary N) is 3. The van der Waals surface area contributed by atoms with Gasteiger partial charge in [-0.3, -0.25) is 23.7 Å². The lowest BCUT2D eigenvalue weighted by Crippen LogP contribution is -2.53. The van der Waals surface area contributed by atoms with Gasteiger partial charge in [-0.25, -0.2) is 0 Å². The van der Waals surface area contributed by atoms with E-state index in [2.05, 4.69) is 16.0 Å². The first-order chi connectivity index (χ1) is 20.5. The smallest absolute Gasteiger partial charge is 0.287 e. The van der Waals surface area contributed by atoms with Crippen molar-refractivity contribution in [2.45, 2.75) is 44.6 Å². The number of hydrogen-bond acceptors (Lipinski definition) is 6. The molecule has 1 aromatic heterocycles. The molecule has 6 N–H and O–H groups in total. The maximum Gasteiger partial charge on any atom is 0.287 e. The van der Waals surface area contributed by atoms with Gasteiger partial charge >= 0.3 is 0 Å². The van der Waals surface area contributed by atoms with Crippen molar-refractivity contribution in [2.75, 3.05) is 6.16 Å². The summed E-state index contributed by atoms with van der Waals surface area (Å²) in [5, 5.41) is 7.62. The highest BCUT2D eigenvalue weighted by Gasteiger charge is 2.37. The molecule has 0 saturated heterocycles. The summed E-state index contributed by atoms with van der Waals surface area (Å²) in [7, 11) is -4.44. The number of benzene rings is 2. The summed E-state index contributed by atoms with van der Waals surface area (Å²) in [5.74, 6) is -4.56. The minimum atomic E-state index is -4.44. The average molecular weight is 609 g/mol. The minimum absolute atomic E-state index is 0.0494. The molecule has 3 aromatic rings. The normalized spacial score (nSPS) is 14.8. The van der Waals surface area contributed by atoms with Crippen LogP contribution in [0.5, 0.6) is 0 Å². The highest BCUT2D eigenvalue weighted by Crippen LogP contribution is 2.53. The van der Waals surface area contributed by atoms with Crippen LogP contribution in [0.25, 0.3) is 6.08 Å². The third-order valence-electron chi connectivity index (χ3n) is 6.40. The quantitative estimate of drug-likeness (QED) is 0.164. The van der Waals surface area contributed by atoms with E-state index in [1.165, 1.54) is 18.4 Å². The number of carbonyl (C=O) groups is 4. The summed E-state index contributed by atoms with van der Waals surface area (Å²) in [4.78, 5) is 62.1. The Morgan fingerprint density at radius 3 is 2.14 bits per heavy atom. The van der Waals surface area contributed by atoms with Crippen LogP contribution in [0, 0.1) is 5.92 Å². The molecule has 0 saturated carbocycles. The SMILES string of the molecule is CC(C)C[C@H](NC(=O)CP(=O)(O)C(NC(=O)c1ccco1)c1ccccc1)C(=O)N[C@@H](C/C=C/c1ccccc1)C(N)=O. The number of furan rings is 1. The van der Waals surface area contributed by atoms with Gasteiger partial charge in [0.15, 0.2) is 5.76 Å². The molecule has 1 heterocycles. The largest absolute Gasteiger partial charge is 0.459 e. The number of primary amides is 1. The second-order valence-electron chi connectivity index (χ2n) is 10.4. The molecule has 0 aliphatic heterocycles. The van der Waals surface area contributed by atoms with Gasteiger partial charge < -0.3 is 31.0 Å². The van der Waals surface area contributed by atoms with E-state index in [9.17, 15) is 28.6 Å². The molecule has 11 nitrogen and oxygen atoms in total. The van der Waals surface area contributed by atoms with Gasteiger partial charge in [0.2, 0.25) is 25.1 Å². The monoisotopic (exact) mass is 608 g/mol. The molecule has 43 heavy (non-hydrogen) atoms. The Bertz CT molecular complexity index is 1440. The van der Waals surface area contributed by atoms with Crippen LogP contribution in [0.15, 0.2) is 89.6 Å². The van der Waals surface area contributed by atoms with Crippen LogP contribution in [-0.2, 0) is 18.9 Å². The van der Waals surface area contributed by atoms with Gasteiger partial charge in [-0.15, -0.1) is 0 Å². The van der Waals surface area contributed by atoms with Crippen LogP contribution in [0.3, 0.4) is 0 Å². The molecule has 0 aliphatic rings. The van der Waals surface area contributed by atoms with Crippen molar-refractivity contribution >= 4 is 37.1 Å². The summed E-state index contributed by atoms with van der Waals surface area (Å²) in [6.45, 7) is 3.68. The summed E-state index contributed by atoms with van der Waals surface area (Å²) in [6, 6.07) is 18.2. The van der Waals surface area contributed by atoms with E-state index in [-0.39, 0.29) is 24.5 Å². The number of amides is 4. The van der Waals surface area contributed by atoms with Gasteiger partial charge in [0.1, 0.15) is 24.0 Å². The van der Waals surface area contributed by atoms with Gasteiger partial charge in [0.25, 0.3) is 5.91 Å². The van der Waals surface area contributed by atoms with Crippen molar-refractivity contribution in [1.82, 2.24) is 16.0 Å². The molecule has 4 amide bonds. The second kappa shape index (κ2) is 15.7. The van der Waals surface area contributed by atoms with E-state index in [4.69, 9.17) is 10.2 Å². The van der Waals surface area contributed by atoms with Gasteiger partial charge in [0.05, 0.1) is 6.26 Å². The van der Waals surface area contributed by atoms with Crippen molar-refractivity contribution in [3.05, 3.63) is 102 Å². The van der Waals surface area contributed by atoms with Crippen molar-refractivity contribution in [3.63, 3.8) is 0 Å². The number of nitrogens with two attached hydrogens (primary N) is 1. The first kappa shape index (κ1) is 33.0. The Labute approximate surface area is 250 Å². The highest BCUT2D eigenvalue weighted by molar-refractivity contribution is 7.59. The van der Waals surface area contributed by atoms with Gasteiger partial charge in [-0.05, 0) is 42.0 Å². The average Bonchev–Trinajstić information content (AvgIpc) is 3.50. The summed E-state index contributed by atoms with van der Waals surface area (Å²) in [5.41, 5.74) is 6.75. The molecule has 0 bridgehead atoms. The minimum Gasteiger partial charge on any atom is -0.459 e. The van der Waals surface area contributed by atoms with E-state index in [0.29, 0.717) is 5.56 Å². The molecule has 3 rings (SSSR count). The van der Waals surface area contributed by atoms with Crippen LogP contribution >= 0.6 is 7.37 Å². The first-order valence-corrected chi connectivity index (χ1v) is 15.7. The van der Waals surface area contributed by atoms with Crippen LogP contribution in [-0.4, -0.2) is 46.8 Å². The number of rotatable bonds is 15. The molecule has 0 spiro atoms. The first-order valence-electron chi connectivity index (χ1n) is 13.8. The Hall–Kier alpha value is -4.47. The number of carbonyl (C=O) groups excluding carboxylic acids is 4. The van der Waals surface area contributed by atoms with Gasteiger partial charge in [-0.2, -0.15) is 0 Å². The third-order valence-corrected chi connectivity index (χ3v) is 8.38. The van der Waals surface area contributed by atoms with Crippen LogP contribution in [0.4, 0.5) is 0 Å². The zero-order valence-electron chi connectivity index (χ0n) is 24.0. The van der Waals surface area contributed by atoms with Crippen LogP contribution in [0.1, 0.15) is 54.2 Å². The van der Waals surface area contributed by atoms with Crippen molar-refractivity contribution < 1.29 is 33.1 Å². The molecule has 0 radical (unpaired) electrons.